The lowest BCUT2D eigenvalue weighted by atomic mass is 10.4. The van der Waals surface area contributed by atoms with Crippen molar-refractivity contribution in [1.82, 2.24) is 0 Å². The predicted octanol–water partition coefficient (Wildman–Crippen LogP) is -0.181. The van der Waals surface area contributed by atoms with Gasteiger partial charge in [-0.1, -0.05) is 25.9 Å². The van der Waals surface area contributed by atoms with Crippen molar-refractivity contribution in [1.29, 1.82) is 0 Å². The molecule has 0 aliphatic carbocycles. The van der Waals surface area contributed by atoms with E-state index in [1.807, 2.05) is 6.92 Å². The standard InChI is InChI=1S/C4H9O2P/c1-2-3-4-7(5)6/h2-4H2,1H3/q-2. The summed E-state index contributed by atoms with van der Waals surface area (Å²) in [5, 5.41) is 0. The molecule has 2 nitrogen and oxygen atoms in total. The summed E-state index contributed by atoms with van der Waals surface area (Å²) in [6, 6.07) is 0. The van der Waals surface area contributed by atoms with Crippen LogP contribution in [0.1, 0.15) is 19.8 Å². The van der Waals surface area contributed by atoms with E-state index in [9.17, 15) is 9.79 Å². The normalized spacial score (nSPS) is 10.3. The third-order valence-corrected chi connectivity index (χ3v) is 1.38. The van der Waals surface area contributed by atoms with Crippen molar-refractivity contribution in [2.24, 2.45) is 0 Å². The van der Waals surface area contributed by atoms with Gasteiger partial charge in [0.15, 0.2) is 0 Å². The van der Waals surface area contributed by atoms with E-state index in [0.717, 1.165) is 12.8 Å². The van der Waals surface area contributed by atoms with Crippen LogP contribution < -0.4 is 9.79 Å². The average Bonchev–Trinajstić information content (AvgIpc) is 1.61. The molecule has 44 valence electrons. The van der Waals surface area contributed by atoms with Gasteiger partial charge in [-0.05, 0) is 0 Å². The van der Waals surface area contributed by atoms with Gasteiger partial charge in [0.05, 0.1) is 0 Å². The molecule has 0 rings (SSSR count). The van der Waals surface area contributed by atoms with Crippen LogP contribution in [0.25, 0.3) is 0 Å². The lowest BCUT2D eigenvalue weighted by Crippen LogP contribution is -2.10. The van der Waals surface area contributed by atoms with E-state index in [1.165, 1.54) is 0 Å². The summed E-state index contributed by atoms with van der Waals surface area (Å²) >= 11 is 0. The SMILES string of the molecule is CCCCP([O-])[O-]. The van der Waals surface area contributed by atoms with Gasteiger partial charge in [-0.15, -0.1) is 0 Å². The van der Waals surface area contributed by atoms with Crippen LogP contribution in [0.15, 0.2) is 0 Å². The zero-order valence-electron chi connectivity index (χ0n) is 4.39. The van der Waals surface area contributed by atoms with Crippen molar-refractivity contribution in [3.05, 3.63) is 0 Å². The Kier molecular flexibility index (Phi) is 4.73. The maximum absolute atomic E-state index is 9.80. The highest BCUT2D eigenvalue weighted by Crippen LogP contribution is 2.12. The van der Waals surface area contributed by atoms with Crippen molar-refractivity contribution >= 4 is 8.38 Å². The molecule has 0 fully saturated rings. The van der Waals surface area contributed by atoms with Crippen molar-refractivity contribution in [3.63, 3.8) is 0 Å². The first-order valence-corrected chi connectivity index (χ1v) is 3.75. The number of hydrogen-bond acceptors (Lipinski definition) is 2. The minimum atomic E-state index is -2.11. The van der Waals surface area contributed by atoms with Crippen LogP contribution in [-0.2, 0) is 0 Å². The van der Waals surface area contributed by atoms with Gasteiger partial charge in [0.25, 0.3) is 0 Å². The molecule has 0 aromatic heterocycles. The molecule has 0 bridgehead atoms. The largest absolute Gasteiger partial charge is 0.842 e. The number of unbranched alkanes of at least 4 members (excludes halogenated alkanes) is 1. The van der Waals surface area contributed by atoms with Gasteiger partial charge < -0.3 is 18.2 Å². The zero-order chi connectivity index (χ0) is 5.70. The molecule has 0 atom stereocenters. The summed E-state index contributed by atoms with van der Waals surface area (Å²) in [6.45, 7) is 1.97. The van der Waals surface area contributed by atoms with Gasteiger partial charge in [-0.2, -0.15) is 0 Å². The molecule has 0 aromatic carbocycles. The van der Waals surface area contributed by atoms with Crippen molar-refractivity contribution in [2.45, 2.75) is 19.8 Å². The maximum Gasteiger partial charge on any atom is -0.0519 e. The summed E-state index contributed by atoms with van der Waals surface area (Å²) in [6.07, 6.45) is 2.12. The van der Waals surface area contributed by atoms with Gasteiger partial charge in [0, 0.05) is 0 Å². The van der Waals surface area contributed by atoms with Crippen molar-refractivity contribution in [3.8, 4) is 0 Å². The average molecular weight is 120 g/mol. The lowest BCUT2D eigenvalue weighted by Gasteiger charge is -2.30. The van der Waals surface area contributed by atoms with Crippen LogP contribution in [0.3, 0.4) is 0 Å². The Bertz CT molecular complexity index is 38.7. The molecule has 3 heteroatoms. The summed E-state index contributed by atoms with van der Waals surface area (Å²) in [5.74, 6) is 0. The molecule has 0 N–H and O–H groups in total. The Labute approximate surface area is 45.1 Å². The highest BCUT2D eigenvalue weighted by molar-refractivity contribution is 7.41. The van der Waals surface area contributed by atoms with Gasteiger partial charge in [-0.3, -0.25) is 0 Å². The molecule has 0 saturated heterocycles. The third kappa shape index (κ3) is 6.35. The van der Waals surface area contributed by atoms with Gasteiger partial charge in [-0.25, -0.2) is 0 Å². The second-order valence-electron chi connectivity index (χ2n) is 1.41. The Morgan fingerprint density at radius 1 is 1.43 bits per heavy atom. The van der Waals surface area contributed by atoms with Crippen molar-refractivity contribution in [2.75, 3.05) is 6.16 Å². The molecule has 7 heavy (non-hydrogen) atoms. The predicted molar refractivity (Wildman–Crippen MR) is 26.7 cm³/mol. The number of rotatable bonds is 3. The van der Waals surface area contributed by atoms with E-state index in [4.69, 9.17) is 0 Å². The fraction of sp³-hybridized carbons (Fsp3) is 1.00. The third-order valence-electron chi connectivity index (χ3n) is 0.694. The summed E-state index contributed by atoms with van der Waals surface area (Å²) in [5.41, 5.74) is 0. The van der Waals surface area contributed by atoms with Gasteiger partial charge in [0.2, 0.25) is 0 Å². The van der Waals surface area contributed by atoms with Crippen LogP contribution in [-0.4, -0.2) is 6.16 Å². The molecule has 0 aromatic rings. The molecular formula is C4H9O2P-2. The molecule has 0 radical (unpaired) electrons. The first kappa shape index (κ1) is 7.35. The fourth-order valence-corrected chi connectivity index (χ4v) is 0.862. The van der Waals surface area contributed by atoms with E-state index in [2.05, 4.69) is 0 Å². The van der Waals surface area contributed by atoms with E-state index in [1.54, 1.807) is 0 Å². The molecule has 0 aliphatic rings. The molecule has 0 amide bonds. The van der Waals surface area contributed by atoms with E-state index in [-0.39, 0.29) is 0 Å². The first-order valence-electron chi connectivity index (χ1n) is 2.39. The van der Waals surface area contributed by atoms with Gasteiger partial charge >= 0.3 is 0 Å². The Morgan fingerprint density at radius 3 is 2.14 bits per heavy atom. The molecule has 0 saturated carbocycles. The summed E-state index contributed by atoms with van der Waals surface area (Å²) in [7, 11) is -2.11. The topological polar surface area (TPSA) is 46.1 Å². The van der Waals surface area contributed by atoms with Crippen molar-refractivity contribution < 1.29 is 9.79 Å². The second-order valence-corrected chi connectivity index (χ2v) is 2.52. The van der Waals surface area contributed by atoms with Crippen LogP contribution in [0.2, 0.25) is 0 Å². The minimum Gasteiger partial charge on any atom is -0.842 e. The quantitative estimate of drug-likeness (QED) is 0.485. The zero-order valence-corrected chi connectivity index (χ0v) is 5.28. The molecule has 0 unspecified atom stereocenters. The highest BCUT2D eigenvalue weighted by Gasteiger charge is 1.74. The molecule has 0 aliphatic heterocycles. The summed E-state index contributed by atoms with van der Waals surface area (Å²) < 4.78 is 0. The lowest BCUT2D eigenvalue weighted by molar-refractivity contribution is -0.292. The summed E-state index contributed by atoms with van der Waals surface area (Å²) in [4.78, 5) is 19.6. The molecule has 0 heterocycles. The highest BCUT2D eigenvalue weighted by atomic mass is 31.2. The number of hydrogen-bond donors (Lipinski definition) is 0. The molecular weight excluding hydrogens is 111 g/mol. The Balaban J connectivity index is 2.68. The second kappa shape index (κ2) is 4.51. The smallest absolute Gasteiger partial charge is 0.0519 e. The van der Waals surface area contributed by atoms with Crippen LogP contribution in [0, 0.1) is 0 Å². The maximum atomic E-state index is 9.80. The van der Waals surface area contributed by atoms with Gasteiger partial charge in [0.1, 0.15) is 0 Å². The molecule has 0 spiro atoms. The Hall–Kier alpha value is 0.350. The first-order chi connectivity index (χ1) is 3.27. The van der Waals surface area contributed by atoms with E-state index < -0.39 is 8.38 Å². The Morgan fingerprint density at radius 2 is 2.00 bits per heavy atom. The van der Waals surface area contributed by atoms with E-state index in [0.29, 0.717) is 6.16 Å². The van der Waals surface area contributed by atoms with E-state index >= 15 is 0 Å². The fourth-order valence-electron chi connectivity index (χ4n) is 0.287. The minimum absolute atomic E-state index is 0.353. The van der Waals surface area contributed by atoms with Crippen LogP contribution >= 0.6 is 8.38 Å². The van der Waals surface area contributed by atoms with Crippen LogP contribution in [0.4, 0.5) is 0 Å². The monoisotopic (exact) mass is 120 g/mol. The van der Waals surface area contributed by atoms with Crippen LogP contribution in [0.5, 0.6) is 0 Å².